The lowest BCUT2D eigenvalue weighted by Crippen LogP contribution is -2.13. The van der Waals surface area contributed by atoms with Gasteiger partial charge in [-0.3, -0.25) is 0 Å². The van der Waals surface area contributed by atoms with Gasteiger partial charge < -0.3 is 9.80 Å². The summed E-state index contributed by atoms with van der Waals surface area (Å²) in [6.07, 6.45) is 0. The van der Waals surface area contributed by atoms with Crippen molar-refractivity contribution in [1.29, 1.82) is 0 Å². The Kier molecular flexibility index (Phi) is 11.7. The molecule has 0 saturated heterocycles. The Morgan fingerprint density at radius 3 is 0.764 bits per heavy atom. The van der Waals surface area contributed by atoms with E-state index in [-0.39, 0.29) is 11.8 Å². The maximum Gasteiger partial charge on any atom is 0.0540 e. The fourth-order valence-corrected chi connectivity index (χ4v) is 11.0. The van der Waals surface area contributed by atoms with Crippen molar-refractivity contribution in [2.75, 3.05) is 9.80 Å². The highest BCUT2D eigenvalue weighted by molar-refractivity contribution is 6.30. The molecule has 12 aromatic rings. The van der Waals surface area contributed by atoms with Crippen LogP contribution in [-0.4, -0.2) is 0 Å². The summed E-state index contributed by atoms with van der Waals surface area (Å²) in [6.45, 7) is 9.39. The van der Waals surface area contributed by atoms with E-state index in [0.29, 0.717) is 0 Å². The number of nitrogens with zero attached hydrogens (tertiary/aromatic N) is 2. The third kappa shape index (κ3) is 8.15. The van der Waals surface area contributed by atoms with Crippen LogP contribution in [0.1, 0.15) is 50.7 Å². The quantitative estimate of drug-likeness (QED) is 0.113. The first kappa shape index (κ1) is 44.5. The molecule has 0 aliphatic carbocycles. The van der Waals surface area contributed by atoms with Crippen LogP contribution in [0.15, 0.2) is 255 Å². The van der Waals surface area contributed by atoms with Crippen molar-refractivity contribution in [3.05, 3.63) is 266 Å². The van der Waals surface area contributed by atoms with Gasteiger partial charge in [0.2, 0.25) is 0 Å². The molecule has 0 aromatic heterocycles. The average molecular weight is 925 g/mol. The Morgan fingerprint density at radius 1 is 0.236 bits per heavy atom. The van der Waals surface area contributed by atoms with Crippen molar-refractivity contribution < 1.29 is 0 Å². The molecule has 0 aliphatic rings. The number of rotatable bonds is 12. The number of hydrogen-bond donors (Lipinski definition) is 0. The van der Waals surface area contributed by atoms with Gasteiger partial charge in [-0.05, 0) is 162 Å². The largest absolute Gasteiger partial charge is 0.310 e. The zero-order chi connectivity index (χ0) is 48.7. The molecule has 0 fully saturated rings. The van der Waals surface area contributed by atoms with Crippen molar-refractivity contribution in [3.8, 4) is 44.5 Å². The fourth-order valence-electron chi connectivity index (χ4n) is 11.0. The normalized spacial score (nSPS) is 11.6. The van der Waals surface area contributed by atoms with Gasteiger partial charge in [0.1, 0.15) is 0 Å². The van der Waals surface area contributed by atoms with Gasteiger partial charge in [0.05, 0.1) is 11.4 Å². The van der Waals surface area contributed by atoms with Crippen LogP contribution >= 0.6 is 0 Å². The molecule has 0 saturated carbocycles. The van der Waals surface area contributed by atoms with E-state index >= 15 is 0 Å². The van der Waals surface area contributed by atoms with Crippen molar-refractivity contribution in [3.63, 3.8) is 0 Å². The van der Waals surface area contributed by atoms with E-state index in [2.05, 4.69) is 292 Å². The second-order valence-corrected chi connectivity index (χ2v) is 19.7. The summed E-state index contributed by atoms with van der Waals surface area (Å²) in [6, 6.07) is 93.9. The molecule has 0 spiro atoms. The molecule has 2 heteroatoms. The van der Waals surface area contributed by atoms with Gasteiger partial charge in [-0.1, -0.05) is 210 Å². The summed E-state index contributed by atoms with van der Waals surface area (Å²) >= 11 is 0. The van der Waals surface area contributed by atoms with Gasteiger partial charge in [0.15, 0.2) is 0 Å². The highest BCUT2D eigenvalue weighted by Crippen LogP contribution is 2.52. The van der Waals surface area contributed by atoms with Crippen LogP contribution in [0.3, 0.4) is 0 Å². The summed E-state index contributed by atoms with van der Waals surface area (Å²) < 4.78 is 0. The van der Waals surface area contributed by atoms with Gasteiger partial charge in [0.25, 0.3) is 0 Å². The Hall–Kier alpha value is -8.72. The third-order valence-corrected chi connectivity index (χ3v) is 14.5. The van der Waals surface area contributed by atoms with Gasteiger partial charge in [-0.25, -0.2) is 0 Å². The van der Waals surface area contributed by atoms with Crippen LogP contribution in [0.2, 0.25) is 0 Å². The number of benzene rings is 12. The van der Waals surface area contributed by atoms with E-state index in [4.69, 9.17) is 0 Å². The van der Waals surface area contributed by atoms with E-state index in [1.165, 1.54) is 88.0 Å². The Morgan fingerprint density at radius 2 is 0.500 bits per heavy atom. The fraction of sp³-hybridized carbons (Fsp3) is 0.0857. The minimum Gasteiger partial charge on any atom is -0.310 e. The summed E-state index contributed by atoms with van der Waals surface area (Å²) in [5.74, 6) is 0.523. The number of anilines is 6. The minimum atomic E-state index is 0.262. The Bertz CT molecular complexity index is 3440. The van der Waals surface area contributed by atoms with Crippen LogP contribution in [0.5, 0.6) is 0 Å². The van der Waals surface area contributed by atoms with Crippen molar-refractivity contribution in [1.82, 2.24) is 0 Å². The molecule has 2 nitrogen and oxygen atoms in total. The average Bonchev–Trinajstić information content (AvgIpc) is 3.44. The van der Waals surface area contributed by atoms with E-state index in [9.17, 15) is 0 Å². The molecule has 0 radical (unpaired) electrons. The van der Waals surface area contributed by atoms with E-state index < -0.39 is 0 Å². The molecule has 12 rings (SSSR count). The first-order chi connectivity index (χ1) is 35.4. The predicted octanol–water partition coefficient (Wildman–Crippen LogP) is 20.4. The van der Waals surface area contributed by atoms with Gasteiger partial charge in [-0.15, -0.1) is 0 Å². The topological polar surface area (TPSA) is 6.48 Å². The van der Waals surface area contributed by atoms with Crippen LogP contribution < -0.4 is 9.80 Å². The first-order valence-corrected chi connectivity index (χ1v) is 25.4. The van der Waals surface area contributed by atoms with Gasteiger partial charge in [-0.2, -0.15) is 0 Å². The summed E-state index contributed by atoms with van der Waals surface area (Å²) in [5, 5.41) is 7.69. The van der Waals surface area contributed by atoms with Crippen LogP contribution in [0.25, 0.3) is 76.8 Å². The van der Waals surface area contributed by atoms with E-state index in [0.717, 1.165) is 34.1 Å². The first-order valence-electron chi connectivity index (χ1n) is 25.4. The second kappa shape index (κ2) is 18.9. The lowest BCUT2D eigenvalue weighted by molar-refractivity contribution is 0.876. The SMILES string of the molecule is CC(C)c1cc2c(N(c3cccc(-c4ccccc4)c3)c3cccc(-c4ccccc4)c3)ccc3c(C(C)C)cc4c(N(c5cccc(-c6ccccc6)c5)c5cccc(-c6ccccc6)c5)ccc1c4c32. The zero-order valence-corrected chi connectivity index (χ0v) is 41.3. The van der Waals surface area contributed by atoms with E-state index in [1.54, 1.807) is 0 Å². The lowest BCUT2D eigenvalue weighted by atomic mass is 9.83. The molecule has 0 aliphatic heterocycles. The summed E-state index contributed by atoms with van der Waals surface area (Å²) in [5.41, 5.74) is 18.9. The Balaban J connectivity index is 1.16. The third-order valence-electron chi connectivity index (χ3n) is 14.5. The molecule has 0 amide bonds. The molecule has 346 valence electrons. The Labute approximate surface area is 424 Å². The standard InChI is InChI=1S/C70H56N2/c1-47(2)63-45-65-67(71(57-33-17-29-53(41-57)49-21-9-5-10-22-49)58-34-18-30-54(42-58)50-23-11-6-12-24-50)40-38-62-64(48(3)4)46-66-68(39-37-61(63)69(66)70(62)65)72(59-35-19-31-55(43-59)51-25-13-7-14-26-51)60-36-20-32-56(44-60)52-27-15-8-16-28-52/h5-48H,1-4H3. The molecule has 72 heavy (non-hydrogen) atoms. The predicted molar refractivity (Wildman–Crippen MR) is 309 cm³/mol. The van der Waals surface area contributed by atoms with Crippen molar-refractivity contribution in [2.24, 2.45) is 0 Å². The molecule has 0 N–H and O–H groups in total. The van der Waals surface area contributed by atoms with Crippen molar-refractivity contribution >= 4 is 66.4 Å². The van der Waals surface area contributed by atoms with Crippen LogP contribution in [0.4, 0.5) is 34.1 Å². The van der Waals surface area contributed by atoms with E-state index in [1.807, 2.05) is 0 Å². The molecule has 0 bridgehead atoms. The molecule has 0 unspecified atom stereocenters. The monoisotopic (exact) mass is 924 g/mol. The van der Waals surface area contributed by atoms with Crippen LogP contribution in [0, 0.1) is 0 Å². The molecule has 0 atom stereocenters. The highest BCUT2D eigenvalue weighted by Gasteiger charge is 2.26. The molecular formula is C70H56N2. The zero-order valence-electron chi connectivity index (χ0n) is 41.3. The minimum absolute atomic E-state index is 0.262. The summed E-state index contributed by atoms with van der Waals surface area (Å²) in [4.78, 5) is 5.00. The maximum atomic E-state index is 2.52. The maximum absolute atomic E-state index is 2.52. The van der Waals surface area contributed by atoms with Gasteiger partial charge >= 0.3 is 0 Å². The highest BCUT2D eigenvalue weighted by atomic mass is 15.1. The molecular weight excluding hydrogens is 869 g/mol. The van der Waals surface area contributed by atoms with Crippen LogP contribution in [-0.2, 0) is 0 Å². The van der Waals surface area contributed by atoms with Gasteiger partial charge in [0, 0.05) is 33.5 Å². The molecule has 0 heterocycles. The molecule has 12 aromatic carbocycles. The summed E-state index contributed by atoms with van der Waals surface area (Å²) in [7, 11) is 0. The van der Waals surface area contributed by atoms with Crippen molar-refractivity contribution in [2.45, 2.75) is 39.5 Å². The second-order valence-electron chi connectivity index (χ2n) is 19.7. The number of hydrogen-bond acceptors (Lipinski definition) is 2. The lowest BCUT2D eigenvalue weighted by Gasteiger charge is -2.31. The smallest absolute Gasteiger partial charge is 0.0540 e.